The monoisotopic (exact) mass is 379 g/mol. The zero-order valence-electron chi connectivity index (χ0n) is 16.1. The van der Waals surface area contributed by atoms with E-state index >= 15 is 0 Å². The van der Waals surface area contributed by atoms with Crippen molar-refractivity contribution in [3.05, 3.63) is 54.1 Å². The molecule has 5 rings (SSSR count). The van der Waals surface area contributed by atoms with Crippen LogP contribution in [0.5, 0.6) is 0 Å². The van der Waals surface area contributed by atoms with E-state index in [1.54, 1.807) is 0 Å². The number of hydrazine groups is 1. The Balaban J connectivity index is 1.34. The number of nitrogens with one attached hydrogen (secondary N) is 3. The maximum Gasteiger partial charge on any atom is 0.0556 e. The molecule has 2 aromatic heterocycles. The zero-order valence-corrected chi connectivity index (χ0v) is 16.1. The molecule has 3 aliphatic heterocycles. The van der Waals surface area contributed by atoms with Crippen LogP contribution in [0.25, 0.3) is 0 Å². The molecule has 0 radical (unpaired) electrons. The van der Waals surface area contributed by atoms with Gasteiger partial charge in [0.15, 0.2) is 0 Å². The highest BCUT2D eigenvalue weighted by atomic mass is 15.4. The second-order valence-electron chi connectivity index (χ2n) is 8.32. The van der Waals surface area contributed by atoms with Gasteiger partial charge in [-0.2, -0.15) is 0 Å². The fraction of sp³-hybridized carbons (Fsp3) is 0.524. The van der Waals surface area contributed by atoms with Crippen LogP contribution in [0.3, 0.4) is 0 Å². The first-order valence-electron chi connectivity index (χ1n) is 10.4. The first kappa shape index (κ1) is 18.0. The van der Waals surface area contributed by atoms with E-state index in [2.05, 4.69) is 43.2 Å². The minimum absolute atomic E-state index is 0.269. The van der Waals surface area contributed by atoms with Gasteiger partial charge in [0.1, 0.15) is 0 Å². The van der Waals surface area contributed by atoms with Crippen LogP contribution in [0, 0.1) is 5.92 Å². The lowest BCUT2D eigenvalue weighted by molar-refractivity contribution is 0.266. The van der Waals surface area contributed by atoms with Crippen LogP contribution in [0.4, 0.5) is 5.69 Å². The summed E-state index contributed by atoms with van der Waals surface area (Å²) in [7, 11) is 0. The van der Waals surface area contributed by atoms with Crippen LogP contribution in [0.15, 0.2) is 43.0 Å². The van der Waals surface area contributed by atoms with Crippen molar-refractivity contribution in [2.45, 2.75) is 43.4 Å². The first-order valence-corrected chi connectivity index (χ1v) is 10.4. The highest BCUT2D eigenvalue weighted by Crippen LogP contribution is 2.38. The van der Waals surface area contributed by atoms with Gasteiger partial charge in [-0.05, 0) is 48.4 Å². The topological polar surface area (TPSA) is 91.1 Å². The molecule has 7 nitrogen and oxygen atoms in total. The summed E-state index contributed by atoms with van der Waals surface area (Å²) >= 11 is 0. The van der Waals surface area contributed by atoms with Crippen molar-refractivity contribution in [1.29, 1.82) is 0 Å². The average Bonchev–Trinajstić information content (AvgIpc) is 3.18. The summed E-state index contributed by atoms with van der Waals surface area (Å²) in [5.41, 5.74) is 16.9. The van der Waals surface area contributed by atoms with Crippen molar-refractivity contribution < 1.29 is 0 Å². The van der Waals surface area contributed by atoms with Gasteiger partial charge in [-0.25, -0.2) is 5.43 Å². The fourth-order valence-corrected chi connectivity index (χ4v) is 4.88. The largest absolute Gasteiger partial charge is 0.370 e. The molecule has 0 aromatic carbocycles. The standard InChI is InChI=1S/C21H29N7/c22-16-3-6-28(7-4-16)17-8-15(11-24-12-17)21-18-9-19(14-2-1-5-23-10-14)25-13-20(18)26-27-21/h1-2,5,8,10-12,16,18-21,25-27H,3-4,6-7,9,13,22H2. The smallest absolute Gasteiger partial charge is 0.0556 e. The summed E-state index contributed by atoms with van der Waals surface area (Å²) in [5, 5.41) is 3.67. The van der Waals surface area contributed by atoms with E-state index in [9.17, 15) is 0 Å². The fourth-order valence-electron chi connectivity index (χ4n) is 4.88. The normalized spacial score (nSPS) is 31.0. The number of rotatable bonds is 3. The summed E-state index contributed by atoms with van der Waals surface area (Å²) in [4.78, 5) is 11.3. The summed E-state index contributed by atoms with van der Waals surface area (Å²) < 4.78 is 0. The van der Waals surface area contributed by atoms with Crippen LogP contribution in [0.2, 0.25) is 0 Å². The van der Waals surface area contributed by atoms with Crippen LogP contribution >= 0.6 is 0 Å². The van der Waals surface area contributed by atoms with Gasteiger partial charge in [-0.1, -0.05) is 6.07 Å². The van der Waals surface area contributed by atoms with Crippen LogP contribution < -0.4 is 26.8 Å². The van der Waals surface area contributed by atoms with Crippen molar-refractivity contribution in [2.24, 2.45) is 11.7 Å². The van der Waals surface area contributed by atoms with Gasteiger partial charge in [0.2, 0.25) is 0 Å². The molecule has 3 fully saturated rings. The number of piperidine rings is 2. The van der Waals surface area contributed by atoms with Crippen LogP contribution in [0.1, 0.15) is 42.5 Å². The third kappa shape index (κ3) is 3.51. The predicted molar refractivity (Wildman–Crippen MR) is 110 cm³/mol. The van der Waals surface area contributed by atoms with Crippen molar-refractivity contribution in [2.75, 3.05) is 24.5 Å². The van der Waals surface area contributed by atoms with E-state index in [-0.39, 0.29) is 6.04 Å². The average molecular weight is 380 g/mol. The van der Waals surface area contributed by atoms with E-state index in [0.29, 0.717) is 24.0 Å². The molecule has 0 aliphatic carbocycles. The van der Waals surface area contributed by atoms with E-state index in [1.807, 2.05) is 30.9 Å². The number of hydrogen-bond donors (Lipinski definition) is 4. The molecule has 2 aromatic rings. The molecular formula is C21H29N7. The summed E-state index contributed by atoms with van der Waals surface area (Å²) in [6.45, 7) is 2.98. The van der Waals surface area contributed by atoms with Crippen molar-refractivity contribution in [1.82, 2.24) is 26.1 Å². The lowest BCUT2D eigenvalue weighted by atomic mass is 9.80. The number of aromatic nitrogens is 2. The Labute approximate surface area is 166 Å². The van der Waals surface area contributed by atoms with Crippen molar-refractivity contribution in [3.63, 3.8) is 0 Å². The molecule has 3 aliphatic rings. The minimum atomic E-state index is 0.269. The first-order chi connectivity index (χ1) is 13.8. The Hall–Kier alpha value is -2.06. The molecular weight excluding hydrogens is 350 g/mol. The summed E-state index contributed by atoms with van der Waals surface area (Å²) in [6, 6.07) is 7.88. The number of anilines is 1. The third-order valence-corrected chi connectivity index (χ3v) is 6.56. The maximum absolute atomic E-state index is 6.07. The number of fused-ring (bicyclic) bond motifs is 1. The zero-order chi connectivity index (χ0) is 18.9. The number of nitrogens with zero attached hydrogens (tertiary/aromatic N) is 3. The van der Waals surface area contributed by atoms with E-state index in [1.165, 1.54) is 16.8 Å². The summed E-state index contributed by atoms with van der Waals surface area (Å²) in [6.07, 6.45) is 11.0. The Bertz CT molecular complexity index is 790. The number of nitrogens with two attached hydrogens (primary N) is 1. The molecule has 5 heterocycles. The molecule has 148 valence electrons. The Morgan fingerprint density at radius 3 is 2.71 bits per heavy atom. The molecule has 4 unspecified atom stereocenters. The maximum atomic E-state index is 6.07. The van der Waals surface area contributed by atoms with Gasteiger partial charge in [-0.15, -0.1) is 0 Å². The lowest BCUT2D eigenvalue weighted by Crippen LogP contribution is -2.46. The highest BCUT2D eigenvalue weighted by Gasteiger charge is 2.41. The van der Waals surface area contributed by atoms with Gasteiger partial charge in [-0.3, -0.25) is 15.4 Å². The van der Waals surface area contributed by atoms with Gasteiger partial charge in [0.25, 0.3) is 0 Å². The second kappa shape index (κ2) is 7.75. The van der Waals surface area contributed by atoms with Crippen LogP contribution in [-0.2, 0) is 0 Å². The van der Waals surface area contributed by atoms with Gasteiger partial charge < -0.3 is 16.0 Å². The Kier molecular flexibility index (Phi) is 4.98. The third-order valence-electron chi connectivity index (χ3n) is 6.56. The second-order valence-corrected chi connectivity index (χ2v) is 8.32. The molecule has 0 bridgehead atoms. The molecule has 3 saturated heterocycles. The number of hydrogen-bond acceptors (Lipinski definition) is 7. The molecule has 4 atom stereocenters. The SMILES string of the molecule is NC1CCN(c2cncc(C3NNC4CNC(c5cccnc5)CC43)c2)CC1. The van der Waals surface area contributed by atoms with Crippen molar-refractivity contribution in [3.8, 4) is 0 Å². The minimum Gasteiger partial charge on any atom is -0.370 e. The Morgan fingerprint density at radius 2 is 1.89 bits per heavy atom. The van der Waals surface area contributed by atoms with Gasteiger partial charge in [0, 0.05) is 56.4 Å². The lowest BCUT2D eigenvalue weighted by Gasteiger charge is -2.35. The molecule has 7 heteroatoms. The van der Waals surface area contributed by atoms with E-state index in [4.69, 9.17) is 5.73 Å². The molecule has 0 amide bonds. The highest BCUT2D eigenvalue weighted by molar-refractivity contribution is 5.47. The molecule has 0 saturated carbocycles. The Morgan fingerprint density at radius 1 is 1.04 bits per heavy atom. The molecule has 0 spiro atoms. The van der Waals surface area contributed by atoms with Gasteiger partial charge in [0.05, 0.1) is 17.9 Å². The van der Waals surface area contributed by atoms with Gasteiger partial charge >= 0.3 is 0 Å². The van der Waals surface area contributed by atoms with E-state index < -0.39 is 0 Å². The predicted octanol–water partition coefficient (Wildman–Crippen LogP) is 1.27. The summed E-state index contributed by atoms with van der Waals surface area (Å²) in [5.74, 6) is 0.512. The molecule has 5 N–H and O–H groups in total. The van der Waals surface area contributed by atoms with Crippen molar-refractivity contribution >= 4 is 5.69 Å². The molecule has 28 heavy (non-hydrogen) atoms. The number of pyridine rings is 2. The van der Waals surface area contributed by atoms with Crippen LogP contribution in [-0.4, -0.2) is 41.7 Å². The van der Waals surface area contributed by atoms with E-state index in [0.717, 1.165) is 38.9 Å². The quantitative estimate of drug-likeness (QED) is 0.638.